The average molecular weight is 228 g/mol. The van der Waals surface area contributed by atoms with Crippen molar-refractivity contribution in [3.8, 4) is 12.1 Å². The lowest BCUT2D eigenvalue weighted by molar-refractivity contribution is 0.569. The molecule has 0 aliphatic carbocycles. The minimum Gasteiger partial charge on any atom is -0.229 e. The van der Waals surface area contributed by atoms with Crippen LogP contribution in [-0.4, -0.2) is 19.9 Å². The van der Waals surface area contributed by atoms with Crippen molar-refractivity contribution in [1.29, 1.82) is 10.5 Å². The van der Waals surface area contributed by atoms with Gasteiger partial charge < -0.3 is 0 Å². The van der Waals surface area contributed by atoms with E-state index in [-0.39, 0.29) is 11.5 Å². The number of hydrogen-bond acceptors (Lipinski definition) is 4. The van der Waals surface area contributed by atoms with Gasteiger partial charge in [0.25, 0.3) is 0 Å². The first kappa shape index (κ1) is 13.9. The molecule has 0 aromatic rings. The van der Waals surface area contributed by atoms with Crippen molar-refractivity contribution in [3.05, 3.63) is 0 Å². The van der Waals surface area contributed by atoms with Gasteiger partial charge in [0.1, 0.15) is 0 Å². The van der Waals surface area contributed by atoms with Gasteiger partial charge in [-0.2, -0.15) is 10.5 Å². The van der Waals surface area contributed by atoms with Crippen molar-refractivity contribution < 1.29 is 8.42 Å². The summed E-state index contributed by atoms with van der Waals surface area (Å²) in [6, 6.07) is 3.91. The Labute approximate surface area is 91.4 Å². The summed E-state index contributed by atoms with van der Waals surface area (Å²) >= 11 is 0. The lowest BCUT2D eigenvalue weighted by Gasteiger charge is -2.09. The Bertz CT molecular complexity index is 332. The second-order valence-electron chi connectivity index (χ2n) is 3.55. The molecule has 0 saturated heterocycles. The molecule has 15 heavy (non-hydrogen) atoms. The number of hydrogen-bond donors (Lipinski definition) is 0. The Morgan fingerprint density at radius 2 is 1.33 bits per heavy atom. The minimum absolute atomic E-state index is 0.127. The molecule has 0 aromatic carbocycles. The van der Waals surface area contributed by atoms with Gasteiger partial charge in [0.05, 0.1) is 35.5 Å². The third-order valence-corrected chi connectivity index (χ3v) is 4.08. The van der Waals surface area contributed by atoms with Crippen LogP contribution in [0.3, 0.4) is 0 Å². The zero-order valence-corrected chi connectivity index (χ0v) is 9.92. The molecule has 0 heterocycles. The molecule has 0 N–H and O–H groups in total. The van der Waals surface area contributed by atoms with E-state index in [9.17, 15) is 8.42 Å². The molecule has 0 aliphatic rings. The summed E-state index contributed by atoms with van der Waals surface area (Å²) in [6.45, 7) is 3.57. The molecule has 0 fully saturated rings. The minimum atomic E-state index is -3.27. The molecule has 0 radical (unpaired) electrons. The largest absolute Gasteiger partial charge is 0.229 e. The van der Waals surface area contributed by atoms with Crippen LogP contribution in [0.15, 0.2) is 0 Å². The molecule has 84 valence electrons. The van der Waals surface area contributed by atoms with Gasteiger partial charge in [0.2, 0.25) is 0 Å². The maximum absolute atomic E-state index is 11.6. The second kappa shape index (κ2) is 6.42. The van der Waals surface area contributed by atoms with Crippen molar-refractivity contribution >= 4 is 9.84 Å². The lowest BCUT2D eigenvalue weighted by atomic mass is 10.1. The van der Waals surface area contributed by atoms with Crippen LogP contribution in [0.1, 0.15) is 26.7 Å². The first-order chi connectivity index (χ1) is 6.99. The summed E-state index contributed by atoms with van der Waals surface area (Å²) in [4.78, 5) is 0. The molecule has 2 unspecified atom stereocenters. The molecule has 0 rings (SSSR count). The third-order valence-electron chi connectivity index (χ3n) is 2.26. The standard InChI is InChI=1S/C10H16N2O2S/c1-3-9(5-11)7-15(13,14)8-10(4-2)6-12/h9-10H,3-4,7-8H2,1-2H3. The normalized spacial score (nSPS) is 14.9. The fraction of sp³-hybridized carbons (Fsp3) is 0.800. The van der Waals surface area contributed by atoms with Gasteiger partial charge in [-0.1, -0.05) is 13.8 Å². The highest BCUT2D eigenvalue weighted by atomic mass is 32.2. The van der Waals surface area contributed by atoms with Crippen LogP contribution in [-0.2, 0) is 9.84 Å². The molecule has 0 spiro atoms. The van der Waals surface area contributed by atoms with Gasteiger partial charge in [-0.3, -0.25) is 0 Å². The lowest BCUT2D eigenvalue weighted by Crippen LogP contribution is -2.21. The summed E-state index contributed by atoms with van der Waals surface area (Å²) < 4.78 is 23.2. The van der Waals surface area contributed by atoms with Gasteiger partial charge in [-0.05, 0) is 12.8 Å². The van der Waals surface area contributed by atoms with Crippen molar-refractivity contribution in [2.75, 3.05) is 11.5 Å². The quantitative estimate of drug-likeness (QED) is 0.689. The summed E-state index contributed by atoms with van der Waals surface area (Å²) in [5.74, 6) is -1.16. The van der Waals surface area contributed by atoms with Crippen LogP contribution in [0, 0.1) is 34.5 Å². The van der Waals surface area contributed by atoms with E-state index in [0.29, 0.717) is 12.8 Å². The Balaban J connectivity index is 4.46. The Morgan fingerprint density at radius 1 is 1.00 bits per heavy atom. The summed E-state index contributed by atoms with van der Waals surface area (Å²) in [5, 5.41) is 17.3. The van der Waals surface area contributed by atoms with Crippen LogP contribution < -0.4 is 0 Å². The number of rotatable bonds is 6. The van der Waals surface area contributed by atoms with E-state index in [0.717, 1.165) is 0 Å². The van der Waals surface area contributed by atoms with Crippen molar-refractivity contribution in [2.45, 2.75) is 26.7 Å². The Morgan fingerprint density at radius 3 is 1.53 bits per heavy atom. The first-order valence-corrected chi connectivity index (χ1v) is 6.80. The van der Waals surface area contributed by atoms with E-state index in [4.69, 9.17) is 10.5 Å². The third kappa shape index (κ3) is 5.39. The molecular formula is C10H16N2O2S. The molecule has 5 heteroatoms. The van der Waals surface area contributed by atoms with Gasteiger partial charge in [0, 0.05) is 0 Å². The maximum Gasteiger partial charge on any atom is 0.152 e. The fourth-order valence-corrected chi connectivity index (χ4v) is 3.16. The van der Waals surface area contributed by atoms with E-state index in [1.54, 1.807) is 13.8 Å². The van der Waals surface area contributed by atoms with E-state index in [1.807, 2.05) is 12.1 Å². The number of nitriles is 2. The zero-order chi connectivity index (χ0) is 11.9. The Hall–Kier alpha value is -1.07. The highest BCUT2D eigenvalue weighted by molar-refractivity contribution is 7.91. The van der Waals surface area contributed by atoms with E-state index >= 15 is 0 Å². The highest BCUT2D eigenvalue weighted by Crippen LogP contribution is 2.11. The number of nitrogens with zero attached hydrogens (tertiary/aromatic N) is 2. The fourth-order valence-electron chi connectivity index (χ4n) is 1.17. The molecule has 0 saturated carbocycles. The predicted molar refractivity (Wildman–Crippen MR) is 57.4 cm³/mol. The topological polar surface area (TPSA) is 81.7 Å². The van der Waals surface area contributed by atoms with Gasteiger partial charge in [-0.25, -0.2) is 8.42 Å². The smallest absolute Gasteiger partial charge is 0.152 e. The van der Waals surface area contributed by atoms with Crippen LogP contribution in [0.2, 0.25) is 0 Å². The molecule has 4 nitrogen and oxygen atoms in total. The van der Waals surface area contributed by atoms with Crippen LogP contribution >= 0.6 is 0 Å². The van der Waals surface area contributed by atoms with Crippen LogP contribution in [0.5, 0.6) is 0 Å². The molecule has 0 aromatic heterocycles. The van der Waals surface area contributed by atoms with Crippen molar-refractivity contribution in [2.24, 2.45) is 11.8 Å². The first-order valence-electron chi connectivity index (χ1n) is 4.98. The SMILES string of the molecule is CCC(C#N)CS(=O)(=O)CC(C#N)CC. The molecule has 0 amide bonds. The van der Waals surface area contributed by atoms with E-state index in [2.05, 4.69) is 0 Å². The molecule has 0 bridgehead atoms. The monoisotopic (exact) mass is 228 g/mol. The van der Waals surface area contributed by atoms with Crippen LogP contribution in [0.4, 0.5) is 0 Å². The van der Waals surface area contributed by atoms with Gasteiger partial charge in [0.15, 0.2) is 9.84 Å². The highest BCUT2D eigenvalue weighted by Gasteiger charge is 2.21. The Kier molecular flexibility index (Phi) is 5.96. The molecule has 0 aliphatic heterocycles. The summed E-state index contributed by atoms with van der Waals surface area (Å²) in [6.07, 6.45) is 1.05. The average Bonchev–Trinajstić information content (AvgIpc) is 2.22. The van der Waals surface area contributed by atoms with E-state index in [1.165, 1.54) is 0 Å². The van der Waals surface area contributed by atoms with Gasteiger partial charge >= 0.3 is 0 Å². The van der Waals surface area contributed by atoms with Crippen molar-refractivity contribution in [3.63, 3.8) is 0 Å². The van der Waals surface area contributed by atoms with Gasteiger partial charge in [-0.15, -0.1) is 0 Å². The summed E-state index contributed by atoms with van der Waals surface area (Å²) in [7, 11) is -3.27. The second-order valence-corrected chi connectivity index (χ2v) is 5.70. The predicted octanol–water partition coefficient (Wildman–Crippen LogP) is 1.50. The molecule has 2 atom stereocenters. The number of sulfone groups is 1. The maximum atomic E-state index is 11.6. The summed E-state index contributed by atoms with van der Waals surface area (Å²) in [5.41, 5.74) is 0. The molecular weight excluding hydrogens is 212 g/mol. The van der Waals surface area contributed by atoms with Crippen LogP contribution in [0.25, 0.3) is 0 Å². The zero-order valence-electron chi connectivity index (χ0n) is 9.10. The van der Waals surface area contributed by atoms with E-state index < -0.39 is 21.7 Å². The van der Waals surface area contributed by atoms with Crippen molar-refractivity contribution in [1.82, 2.24) is 0 Å².